The van der Waals surface area contributed by atoms with Gasteiger partial charge in [0.25, 0.3) is 0 Å². The van der Waals surface area contributed by atoms with Crippen molar-refractivity contribution in [3.63, 3.8) is 0 Å². The molecule has 1 atom stereocenters. The Hall–Kier alpha value is -1.42. The number of nitrogens with zero attached hydrogens (tertiary/aromatic N) is 1. The van der Waals surface area contributed by atoms with E-state index in [1.807, 2.05) is 6.07 Å². The number of halogens is 1. The van der Waals surface area contributed by atoms with Crippen LogP contribution in [-0.4, -0.2) is 25.2 Å². The predicted molar refractivity (Wildman–Crippen MR) is 82.5 cm³/mol. The summed E-state index contributed by atoms with van der Waals surface area (Å²) >= 11 is 0. The van der Waals surface area contributed by atoms with Gasteiger partial charge in [0.15, 0.2) is 0 Å². The molecule has 0 bridgehead atoms. The smallest absolute Gasteiger partial charge is 0.237 e. The quantitative estimate of drug-likeness (QED) is 0.836. The standard InChI is InChI=1S/C18H22FNO2/c19-14-7-4-8-15-16(14)18(9-2-1-3-10-18)17(21)20(15)12-13-6-5-11-22-13/h4,7-8,13H,1-3,5-6,9-12H2. The number of anilines is 1. The summed E-state index contributed by atoms with van der Waals surface area (Å²) in [6.07, 6.45) is 6.85. The van der Waals surface area contributed by atoms with Gasteiger partial charge in [-0.15, -0.1) is 0 Å². The molecule has 1 unspecified atom stereocenters. The lowest BCUT2D eigenvalue weighted by atomic mass is 9.70. The highest BCUT2D eigenvalue weighted by Gasteiger charge is 2.52. The summed E-state index contributed by atoms with van der Waals surface area (Å²) in [6.45, 7) is 1.34. The normalized spacial score (nSPS) is 26.7. The number of hydrogen-bond acceptors (Lipinski definition) is 2. The fourth-order valence-electron chi connectivity index (χ4n) is 4.48. The van der Waals surface area contributed by atoms with Crippen molar-refractivity contribution in [2.75, 3.05) is 18.1 Å². The van der Waals surface area contributed by atoms with Crippen LogP contribution in [0.3, 0.4) is 0 Å². The summed E-state index contributed by atoms with van der Waals surface area (Å²) < 4.78 is 20.3. The van der Waals surface area contributed by atoms with Gasteiger partial charge >= 0.3 is 0 Å². The third-order valence-electron chi connectivity index (χ3n) is 5.53. The summed E-state index contributed by atoms with van der Waals surface area (Å²) in [5.41, 5.74) is 0.817. The molecule has 0 N–H and O–H groups in total. The van der Waals surface area contributed by atoms with Crippen LogP contribution >= 0.6 is 0 Å². The van der Waals surface area contributed by atoms with Crippen LogP contribution in [0.25, 0.3) is 0 Å². The van der Waals surface area contributed by atoms with E-state index in [2.05, 4.69) is 0 Å². The fourth-order valence-corrected chi connectivity index (χ4v) is 4.48. The number of hydrogen-bond donors (Lipinski definition) is 0. The van der Waals surface area contributed by atoms with Gasteiger partial charge in [0.2, 0.25) is 5.91 Å². The molecule has 118 valence electrons. The summed E-state index contributed by atoms with van der Waals surface area (Å²) in [4.78, 5) is 15.0. The van der Waals surface area contributed by atoms with Crippen molar-refractivity contribution in [3.05, 3.63) is 29.6 Å². The second-order valence-corrected chi connectivity index (χ2v) is 6.83. The van der Waals surface area contributed by atoms with E-state index in [-0.39, 0.29) is 17.8 Å². The maximum atomic E-state index is 14.6. The van der Waals surface area contributed by atoms with Crippen molar-refractivity contribution in [1.82, 2.24) is 0 Å². The Labute approximate surface area is 130 Å². The van der Waals surface area contributed by atoms with Crippen molar-refractivity contribution in [2.24, 2.45) is 0 Å². The lowest BCUT2D eigenvalue weighted by molar-refractivity contribution is -0.124. The van der Waals surface area contributed by atoms with Crippen molar-refractivity contribution >= 4 is 11.6 Å². The van der Waals surface area contributed by atoms with E-state index in [0.717, 1.165) is 57.2 Å². The number of ether oxygens (including phenoxy) is 1. The zero-order valence-electron chi connectivity index (χ0n) is 12.8. The Kier molecular flexibility index (Phi) is 3.44. The Bertz CT molecular complexity index is 589. The van der Waals surface area contributed by atoms with Gasteiger partial charge in [-0.2, -0.15) is 0 Å². The highest BCUT2D eigenvalue weighted by Crippen LogP contribution is 2.51. The molecule has 1 aliphatic carbocycles. The van der Waals surface area contributed by atoms with Crippen molar-refractivity contribution < 1.29 is 13.9 Å². The molecule has 1 saturated carbocycles. The number of fused-ring (bicyclic) bond motifs is 2. The first-order valence-electron chi connectivity index (χ1n) is 8.45. The molecule has 1 spiro atoms. The second-order valence-electron chi connectivity index (χ2n) is 6.83. The highest BCUT2D eigenvalue weighted by atomic mass is 19.1. The molecule has 1 aromatic rings. The minimum atomic E-state index is -0.614. The van der Waals surface area contributed by atoms with Gasteiger partial charge in [-0.3, -0.25) is 4.79 Å². The molecule has 4 rings (SSSR count). The summed E-state index contributed by atoms with van der Waals surface area (Å²) in [6, 6.07) is 5.11. The molecule has 3 nitrogen and oxygen atoms in total. The number of carbonyl (C=O) groups excluding carboxylic acids is 1. The molecule has 0 aromatic heterocycles. The van der Waals surface area contributed by atoms with E-state index in [1.165, 1.54) is 6.07 Å². The maximum absolute atomic E-state index is 14.6. The van der Waals surface area contributed by atoms with Gasteiger partial charge in [0, 0.05) is 12.2 Å². The molecule has 2 fully saturated rings. The lowest BCUT2D eigenvalue weighted by Gasteiger charge is -2.33. The summed E-state index contributed by atoms with van der Waals surface area (Å²) in [7, 11) is 0. The van der Waals surface area contributed by atoms with Crippen LogP contribution in [0.5, 0.6) is 0 Å². The first-order chi connectivity index (χ1) is 10.7. The van der Waals surface area contributed by atoms with Crippen LogP contribution in [0, 0.1) is 5.82 Å². The van der Waals surface area contributed by atoms with Crippen molar-refractivity contribution in [3.8, 4) is 0 Å². The van der Waals surface area contributed by atoms with Gasteiger partial charge in [-0.05, 0) is 37.8 Å². The average Bonchev–Trinajstić information content (AvgIpc) is 3.12. The summed E-state index contributed by atoms with van der Waals surface area (Å²) in [5, 5.41) is 0. The number of benzene rings is 1. The third kappa shape index (κ3) is 2.00. The lowest BCUT2D eigenvalue weighted by Crippen LogP contribution is -2.44. The van der Waals surface area contributed by atoms with E-state index in [0.29, 0.717) is 12.1 Å². The van der Waals surface area contributed by atoms with Crippen LogP contribution in [0.4, 0.5) is 10.1 Å². The predicted octanol–water partition coefficient (Wildman–Crippen LogP) is 3.55. The molecular weight excluding hydrogens is 281 g/mol. The largest absolute Gasteiger partial charge is 0.376 e. The Morgan fingerprint density at radius 1 is 1.23 bits per heavy atom. The minimum Gasteiger partial charge on any atom is -0.376 e. The van der Waals surface area contributed by atoms with E-state index in [1.54, 1.807) is 11.0 Å². The van der Waals surface area contributed by atoms with Gasteiger partial charge in [0.1, 0.15) is 5.82 Å². The number of carbonyl (C=O) groups is 1. The Morgan fingerprint density at radius 2 is 2.05 bits per heavy atom. The zero-order chi connectivity index (χ0) is 15.2. The second kappa shape index (κ2) is 5.34. The van der Waals surface area contributed by atoms with Gasteiger partial charge in [-0.1, -0.05) is 25.3 Å². The first kappa shape index (κ1) is 14.2. The van der Waals surface area contributed by atoms with Crippen molar-refractivity contribution in [2.45, 2.75) is 56.5 Å². The van der Waals surface area contributed by atoms with Crippen LogP contribution in [0.2, 0.25) is 0 Å². The van der Waals surface area contributed by atoms with Crippen molar-refractivity contribution in [1.29, 1.82) is 0 Å². The topological polar surface area (TPSA) is 29.5 Å². The van der Waals surface area contributed by atoms with E-state index < -0.39 is 5.41 Å². The first-order valence-corrected chi connectivity index (χ1v) is 8.45. The van der Waals surface area contributed by atoms with E-state index >= 15 is 0 Å². The number of rotatable bonds is 2. The minimum absolute atomic E-state index is 0.0961. The molecule has 3 aliphatic rings. The van der Waals surface area contributed by atoms with Gasteiger partial charge < -0.3 is 9.64 Å². The average molecular weight is 303 g/mol. The monoisotopic (exact) mass is 303 g/mol. The van der Waals surface area contributed by atoms with Crippen LogP contribution < -0.4 is 4.90 Å². The van der Waals surface area contributed by atoms with Crippen LogP contribution in [0.1, 0.15) is 50.5 Å². The Balaban J connectivity index is 1.75. The molecule has 0 radical (unpaired) electrons. The van der Waals surface area contributed by atoms with Crippen LogP contribution in [0.15, 0.2) is 18.2 Å². The SMILES string of the molecule is O=C1N(CC2CCCO2)c2cccc(F)c2C12CCCCC2. The molecule has 22 heavy (non-hydrogen) atoms. The number of amides is 1. The fraction of sp³-hybridized carbons (Fsp3) is 0.611. The molecule has 4 heteroatoms. The summed E-state index contributed by atoms with van der Waals surface area (Å²) in [5.74, 6) is -0.120. The Morgan fingerprint density at radius 3 is 2.77 bits per heavy atom. The molecule has 1 amide bonds. The molecule has 2 heterocycles. The highest BCUT2D eigenvalue weighted by molar-refractivity contribution is 6.08. The van der Waals surface area contributed by atoms with Gasteiger partial charge in [-0.25, -0.2) is 4.39 Å². The van der Waals surface area contributed by atoms with Gasteiger partial charge in [0.05, 0.1) is 23.8 Å². The zero-order valence-corrected chi connectivity index (χ0v) is 12.8. The van der Waals surface area contributed by atoms with E-state index in [9.17, 15) is 9.18 Å². The molecular formula is C18H22FNO2. The molecule has 1 saturated heterocycles. The van der Waals surface area contributed by atoms with Crippen LogP contribution in [-0.2, 0) is 14.9 Å². The van der Waals surface area contributed by atoms with E-state index in [4.69, 9.17) is 4.74 Å². The molecule has 2 aliphatic heterocycles. The third-order valence-corrected chi connectivity index (χ3v) is 5.53. The maximum Gasteiger partial charge on any atom is 0.237 e. The molecule has 1 aromatic carbocycles.